The molecule has 1 heterocycles. The van der Waals surface area contributed by atoms with Crippen molar-refractivity contribution in [1.82, 2.24) is 15.0 Å². The van der Waals surface area contributed by atoms with E-state index in [0.29, 0.717) is 11.9 Å². The first kappa shape index (κ1) is 13.5. The number of nitrogens with one attached hydrogen (secondary N) is 1. The lowest BCUT2D eigenvalue weighted by molar-refractivity contribution is 0.814. The first-order valence-corrected chi connectivity index (χ1v) is 6.59. The second kappa shape index (κ2) is 6.33. The maximum Gasteiger partial charge on any atom is 0.233 e. The van der Waals surface area contributed by atoms with Crippen LogP contribution >= 0.6 is 11.6 Å². The number of benzene rings is 1. The topological polar surface area (TPSA) is 53.9 Å². The highest BCUT2D eigenvalue weighted by Gasteiger charge is 2.10. The highest BCUT2D eigenvalue weighted by molar-refractivity contribution is 6.28. The van der Waals surface area contributed by atoms with Gasteiger partial charge in [-0.1, -0.05) is 18.2 Å². The van der Waals surface area contributed by atoms with Crippen LogP contribution in [0.5, 0.6) is 0 Å². The fourth-order valence-electron chi connectivity index (χ4n) is 1.69. The van der Waals surface area contributed by atoms with Crippen molar-refractivity contribution >= 4 is 29.2 Å². The molecule has 1 aromatic heterocycles. The maximum absolute atomic E-state index is 5.95. The third kappa shape index (κ3) is 3.54. The zero-order chi connectivity index (χ0) is 13.7. The van der Waals surface area contributed by atoms with Crippen LogP contribution in [0.2, 0.25) is 5.28 Å². The zero-order valence-corrected chi connectivity index (χ0v) is 11.7. The third-order valence-electron chi connectivity index (χ3n) is 2.67. The summed E-state index contributed by atoms with van der Waals surface area (Å²) in [6.45, 7) is 5.74. The van der Waals surface area contributed by atoms with E-state index in [1.165, 1.54) is 0 Å². The number of hydrogen-bond donors (Lipinski definition) is 1. The molecule has 0 saturated heterocycles. The van der Waals surface area contributed by atoms with E-state index in [0.717, 1.165) is 18.8 Å². The molecule has 1 aromatic carbocycles. The Labute approximate surface area is 117 Å². The molecule has 0 aliphatic heterocycles. The SMILES string of the molecule is CCN(CC)c1nc(Cl)nc(Nc2ccccc2)n1. The summed E-state index contributed by atoms with van der Waals surface area (Å²) in [5.41, 5.74) is 0.912. The van der Waals surface area contributed by atoms with Crippen molar-refractivity contribution in [3.05, 3.63) is 35.6 Å². The molecule has 6 heteroatoms. The average Bonchev–Trinajstić information content (AvgIpc) is 2.40. The number of nitrogens with zero attached hydrogens (tertiary/aromatic N) is 4. The van der Waals surface area contributed by atoms with Crippen molar-refractivity contribution in [2.75, 3.05) is 23.3 Å². The van der Waals surface area contributed by atoms with Crippen LogP contribution < -0.4 is 10.2 Å². The van der Waals surface area contributed by atoms with Gasteiger partial charge < -0.3 is 10.2 Å². The second-order valence-electron chi connectivity index (χ2n) is 3.89. The lowest BCUT2D eigenvalue weighted by Gasteiger charge is -2.18. The van der Waals surface area contributed by atoms with Crippen molar-refractivity contribution in [3.8, 4) is 0 Å². The Balaban J connectivity index is 2.26. The van der Waals surface area contributed by atoms with Crippen LogP contribution in [0, 0.1) is 0 Å². The minimum absolute atomic E-state index is 0.190. The van der Waals surface area contributed by atoms with Crippen LogP contribution in [0.1, 0.15) is 13.8 Å². The van der Waals surface area contributed by atoms with Gasteiger partial charge in [-0.25, -0.2) is 0 Å². The second-order valence-corrected chi connectivity index (χ2v) is 4.23. The molecule has 2 aromatic rings. The molecule has 1 N–H and O–H groups in total. The van der Waals surface area contributed by atoms with Crippen molar-refractivity contribution in [2.24, 2.45) is 0 Å². The lowest BCUT2D eigenvalue weighted by atomic mass is 10.3. The van der Waals surface area contributed by atoms with Gasteiger partial charge in [-0.2, -0.15) is 15.0 Å². The minimum atomic E-state index is 0.190. The predicted octanol–water partition coefficient (Wildman–Crippen LogP) is 3.11. The van der Waals surface area contributed by atoms with Crippen molar-refractivity contribution < 1.29 is 0 Å². The van der Waals surface area contributed by atoms with E-state index in [-0.39, 0.29) is 5.28 Å². The highest BCUT2D eigenvalue weighted by Crippen LogP contribution is 2.17. The Bertz CT molecular complexity index is 528. The van der Waals surface area contributed by atoms with Crippen LogP contribution in [-0.4, -0.2) is 28.0 Å². The first-order valence-electron chi connectivity index (χ1n) is 6.21. The Morgan fingerprint density at radius 1 is 1.05 bits per heavy atom. The van der Waals surface area contributed by atoms with Crippen LogP contribution in [0.3, 0.4) is 0 Å². The minimum Gasteiger partial charge on any atom is -0.341 e. The Kier molecular flexibility index (Phi) is 4.52. The molecule has 0 amide bonds. The summed E-state index contributed by atoms with van der Waals surface area (Å²) in [6, 6.07) is 9.71. The van der Waals surface area contributed by atoms with Crippen molar-refractivity contribution in [3.63, 3.8) is 0 Å². The highest BCUT2D eigenvalue weighted by atomic mass is 35.5. The largest absolute Gasteiger partial charge is 0.341 e. The van der Waals surface area contributed by atoms with Gasteiger partial charge >= 0.3 is 0 Å². The molecule has 2 rings (SSSR count). The molecule has 0 bridgehead atoms. The normalized spacial score (nSPS) is 10.3. The Morgan fingerprint density at radius 3 is 2.37 bits per heavy atom. The van der Waals surface area contributed by atoms with Crippen LogP contribution in [-0.2, 0) is 0 Å². The third-order valence-corrected chi connectivity index (χ3v) is 2.84. The van der Waals surface area contributed by atoms with Gasteiger partial charge in [-0.05, 0) is 37.6 Å². The van der Waals surface area contributed by atoms with E-state index in [1.807, 2.05) is 49.1 Å². The molecule has 0 atom stereocenters. The number of hydrogen-bond acceptors (Lipinski definition) is 5. The van der Waals surface area contributed by atoms with Gasteiger partial charge in [0.25, 0.3) is 0 Å². The molecular weight excluding hydrogens is 262 g/mol. The molecule has 5 nitrogen and oxygen atoms in total. The van der Waals surface area contributed by atoms with Crippen LogP contribution in [0.15, 0.2) is 30.3 Å². The van der Waals surface area contributed by atoms with E-state index in [1.54, 1.807) is 0 Å². The standard InChI is InChI=1S/C13H16ClN5/c1-3-19(4-2)13-17-11(14)16-12(18-13)15-10-8-6-5-7-9-10/h5-9H,3-4H2,1-2H3,(H,15,16,17,18). The fourth-order valence-corrected chi connectivity index (χ4v) is 1.85. The number of halogens is 1. The van der Waals surface area contributed by atoms with Crippen LogP contribution in [0.4, 0.5) is 17.6 Å². The van der Waals surface area contributed by atoms with Gasteiger partial charge in [0.1, 0.15) is 0 Å². The summed E-state index contributed by atoms with van der Waals surface area (Å²) in [4.78, 5) is 14.6. The molecule has 0 aliphatic carbocycles. The van der Waals surface area contributed by atoms with E-state index in [2.05, 4.69) is 20.3 Å². The van der Waals surface area contributed by atoms with Gasteiger partial charge in [-0.15, -0.1) is 0 Å². The van der Waals surface area contributed by atoms with E-state index >= 15 is 0 Å². The van der Waals surface area contributed by atoms with Gasteiger partial charge in [0, 0.05) is 18.8 Å². The fraction of sp³-hybridized carbons (Fsp3) is 0.308. The van der Waals surface area contributed by atoms with Gasteiger partial charge in [0.2, 0.25) is 17.2 Å². The van der Waals surface area contributed by atoms with Crippen molar-refractivity contribution in [2.45, 2.75) is 13.8 Å². The smallest absolute Gasteiger partial charge is 0.233 e. The quantitative estimate of drug-likeness (QED) is 0.910. The average molecular weight is 278 g/mol. The number of aromatic nitrogens is 3. The Hall–Kier alpha value is -1.88. The van der Waals surface area contributed by atoms with E-state index < -0.39 is 0 Å². The maximum atomic E-state index is 5.95. The zero-order valence-electron chi connectivity index (χ0n) is 11.0. The molecule has 0 aliphatic rings. The van der Waals surface area contributed by atoms with Crippen LogP contribution in [0.25, 0.3) is 0 Å². The summed E-state index contributed by atoms with van der Waals surface area (Å²) in [7, 11) is 0. The van der Waals surface area contributed by atoms with E-state index in [4.69, 9.17) is 11.6 Å². The number of para-hydroxylation sites is 1. The summed E-state index contributed by atoms with van der Waals surface area (Å²) < 4.78 is 0. The summed E-state index contributed by atoms with van der Waals surface area (Å²) >= 11 is 5.95. The summed E-state index contributed by atoms with van der Waals surface area (Å²) in [6.07, 6.45) is 0. The lowest BCUT2D eigenvalue weighted by Crippen LogP contribution is -2.24. The van der Waals surface area contributed by atoms with Crippen molar-refractivity contribution in [1.29, 1.82) is 0 Å². The molecule has 0 unspecified atom stereocenters. The molecule has 19 heavy (non-hydrogen) atoms. The number of rotatable bonds is 5. The van der Waals surface area contributed by atoms with E-state index in [9.17, 15) is 0 Å². The predicted molar refractivity (Wildman–Crippen MR) is 78.1 cm³/mol. The molecule has 100 valence electrons. The first-order chi connectivity index (χ1) is 9.22. The molecule has 0 radical (unpaired) electrons. The summed E-state index contributed by atoms with van der Waals surface area (Å²) in [5.74, 6) is 1.04. The molecule has 0 fully saturated rings. The molecular formula is C13H16ClN5. The van der Waals surface area contributed by atoms with Gasteiger partial charge in [0.15, 0.2) is 0 Å². The Morgan fingerprint density at radius 2 is 1.74 bits per heavy atom. The monoisotopic (exact) mass is 277 g/mol. The number of anilines is 3. The molecule has 0 saturated carbocycles. The van der Waals surface area contributed by atoms with Gasteiger partial charge in [-0.3, -0.25) is 0 Å². The van der Waals surface area contributed by atoms with Gasteiger partial charge in [0.05, 0.1) is 0 Å². The molecule has 0 spiro atoms. The summed E-state index contributed by atoms with van der Waals surface area (Å²) in [5, 5.41) is 3.30.